The van der Waals surface area contributed by atoms with Gasteiger partial charge in [0.1, 0.15) is 17.4 Å². The first-order valence-corrected chi connectivity index (χ1v) is 13.0. The van der Waals surface area contributed by atoms with Crippen molar-refractivity contribution in [3.05, 3.63) is 12.1 Å². The Balaban J connectivity index is 2.91. The summed E-state index contributed by atoms with van der Waals surface area (Å²) in [6.07, 6.45) is 9.43. The molecule has 2 amide bonds. The number of unbranched alkanes of at least 4 members (excludes halogenated alkanes) is 8. The zero-order chi connectivity index (χ0) is 25.6. The molecule has 0 aromatic carbocycles. The molecule has 0 fully saturated rings. The zero-order valence-electron chi connectivity index (χ0n) is 19.7. The number of halogens is 3. The quantitative estimate of drug-likeness (QED) is 0.163. The minimum absolute atomic E-state index is 0.163. The van der Waals surface area contributed by atoms with Crippen LogP contribution in [0, 0.1) is 0 Å². The summed E-state index contributed by atoms with van der Waals surface area (Å²) in [5, 5.41) is 4.84. The van der Waals surface area contributed by atoms with Crippen molar-refractivity contribution in [2.75, 3.05) is 10.6 Å². The monoisotopic (exact) mass is 509 g/mol. The summed E-state index contributed by atoms with van der Waals surface area (Å²) in [6, 6.07) is 1.72. The van der Waals surface area contributed by atoms with Gasteiger partial charge in [-0.25, -0.2) is 4.98 Å². The largest absolute Gasteiger partial charge is 0.534 e. The van der Waals surface area contributed by atoms with Crippen LogP contribution in [-0.2, 0) is 19.7 Å². The highest BCUT2D eigenvalue weighted by atomic mass is 32.2. The Labute approximate surface area is 199 Å². The summed E-state index contributed by atoms with van der Waals surface area (Å²) in [7, 11) is -5.94. The second kappa shape index (κ2) is 14.8. The van der Waals surface area contributed by atoms with Crippen LogP contribution in [0.25, 0.3) is 0 Å². The Hall–Kier alpha value is -2.37. The van der Waals surface area contributed by atoms with E-state index in [-0.39, 0.29) is 24.5 Å². The maximum atomic E-state index is 12.7. The van der Waals surface area contributed by atoms with Crippen LogP contribution < -0.4 is 14.8 Å². The molecule has 34 heavy (non-hydrogen) atoms. The van der Waals surface area contributed by atoms with E-state index in [1.165, 1.54) is 0 Å². The summed E-state index contributed by atoms with van der Waals surface area (Å²) in [5.41, 5.74) is -5.64. The van der Waals surface area contributed by atoms with Crippen molar-refractivity contribution < 1.29 is 35.4 Å². The minimum atomic E-state index is -5.94. The zero-order valence-corrected chi connectivity index (χ0v) is 20.5. The fourth-order valence-electron chi connectivity index (χ4n) is 3.04. The number of alkyl halides is 3. The van der Waals surface area contributed by atoms with Gasteiger partial charge in [-0.15, -0.1) is 0 Å². The van der Waals surface area contributed by atoms with Gasteiger partial charge in [-0.2, -0.15) is 21.6 Å². The Morgan fingerprint density at radius 2 is 1.24 bits per heavy atom. The van der Waals surface area contributed by atoms with Gasteiger partial charge >= 0.3 is 15.6 Å². The minimum Gasteiger partial charge on any atom is -0.376 e. The molecule has 0 bridgehead atoms. The Kier molecular flexibility index (Phi) is 12.9. The molecule has 0 spiro atoms. The van der Waals surface area contributed by atoms with Crippen molar-refractivity contribution in [2.45, 2.75) is 96.4 Å². The molecule has 0 aliphatic carbocycles. The third-order valence-electron chi connectivity index (χ3n) is 4.84. The van der Waals surface area contributed by atoms with Crippen molar-refractivity contribution in [1.82, 2.24) is 4.98 Å². The van der Waals surface area contributed by atoms with Crippen LogP contribution in [0.5, 0.6) is 5.75 Å². The first-order chi connectivity index (χ1) is 16.0. The summed E-state index contributed by atoms with van der Waals surface area (Å²) in [5.74, 6) is -2.07. The van der Waals surface area contributed by atoms with E-state index in [4.69, 9.17) is 0 Å². The summed E-state index contributed by atoms with van der Waals surface area (Å²) in [4.78, 5) is 28.4. The molecule has 0 aliphatic heterocycles. The van der Waals surface area contributed by atoms with Crippen molar-refractivity contribution in [3.63, 3.8) is 0 Å². The Morgan fingerprint density at radius 1 is 0.824 bits per heavy atom. The second-order valence-corrected chi connectivity index (χ2v) is 9.52. The second-order valence-electron chi connectivity index (χ2n) is 7.98. The maximum absolute atomic E-state index is 12.7. The Bertz CT molecular complexity index is 846. The molecule has 12 heteroatoms. The van der Waals surface area contributed by atoms with E-state index in [0.717, 1.165) is 63.5 Å². The van der Waals surface area contributed by atoms with E-state index >= 15 is 0 Å². The number of carbonyl (C=O) groups excluding carboxylic acids is 2. The van der Waals surface area contributed by atoms with E-state index < -0.39 is 33.2 Å². The lowest BCUT2D eigenvalue weighted by Gasteiger charge is -2.13. The highest BCUT2D eigenvalue weighted by Crippen LogP contribution is 2.29. The van der Waals surface area contributed by atoms with Crippen molar-refractivity contribution >= 4 is 33.6 Å². The molecule has 0 aliphatic rings. The molecule has 1 aromatic rings. The van der Waals surface area contributed by atoms with E-state index in [2.05, 4.69) is 33.6 Å². The molecule has 0 saturated carbocycles. The van der Waals surface area contributed by atoms with Gasteiger partial charge in [0.05, 0.1) is 0 Å². The van der Waals surface area contributed by atoms with Gasteiger partial charge in [0.25, 0.3) is 0 Å². The van der Waals surface area contributed by atoms with Gasteiger partial charge in [-0.1, -0.05) is 65.2 Å². The van der Waals surface area contributed by atoms with Gasteiger partial charge in [-0.3, -0.25) is 9.59 Å². The predicted octanol–water partition coefficient (Wildman–Crippen LogP) is 5.91. The topological polar surface area (TPSA) is 114 Å². The summed E-state index contributed by atoms with van der Waals surface area (Å²) >= 11 is 0. The van der Waals surface area contributed by atoms with Crippen LogP contribution in [0.15, 0.2) is 12.1 Å². The maximum Gasteiger partial charge on any atom is 0.534 e. The molecule has 8 nitrogen and oxygen atoms in total. The van der Waals surface area contributed by atoms with E-state index in [1.807, 2.05) is 0 Å². The standard InChI is InChI=1S/C22H34F3N3O5S/c1-3-5-7-9-11-13-20(29)27-18-15-17(33-34(31,32)22(23,24)25)16-19(26-18)28-21(30)14-12-10-8-6-4-2/h15-16H,3-14H2,1-2H3,(H2,26,27,28,29,30). The molecule has 194 valence electrons. The molecule has 2 N–H and O–H groups in total. The molecular formula is C22H34F3N3O5S. The molecule has 0 radical (unpaired) electrons. The number of carbonyl (C=O) groups is 2. The third-order valence-corrected chi connectivity index (χ3v) is 5.82. The number of nitrogens with one attached hydrogen (secondary N) is 2. The van der Waals surface area contributed by atoms with Crippen LogP contribution in [0.3, 0.4) is 0 Å². The number of hydrogen-bond acceptors (Lipinski definition) is 6. The van der Waals surface area contributed by atoms with E-state index in [0.29, 0.717) is 12.8 Å². The summed E-state index contributed by atoms with van der Waals surface area (Å²) < 4.78 is 65.2. The van der Waals surface area contributed by atoms with Crippen LogP contribution in [0.1, 0.15) is 90.9 Å². The van der Waals surface area contributed by atoms with Gasteiger partial charge in [0.2, 0.25) is 11.8 Å². The van der Waals surface area contributed by atoms with Crippen LogP contribution in [-0.4, -0.2) is 30.7 Å². The smallest absolute Gasteiger partial charge is 0.376 e. The van der Waals surface area contributed by atoms with Gasteiger partial charge in [0.15, 0.2) is 0 Å². The molecule has 1 rings (SSSR count). The van der Waals surface area contributed by atoms with Gasteiger partial charge < -0.3 is 14.8 Å². The number of amides is 2. The first-order valence-electron chi connectivity index (χ1n) is 11.6. The number of rotatable bonds is 16. The lowest BCUT2D eigenvalue weighted by atomic mass is 10.1. The number of aromatic nitrogens is 1. The van der Waals surface area contributed by atoms with Crippen molar-refractivity contribution in [3.8, 4) is 5.75 Å². The third kappa shape index (κ3) is 11.7. The molecule has 1 heterocycles. The van der Waals surface area contributed by atoms with Gasteiger partial charge in [-0.05, 0) is 12.8 Å². The molecular weight excluding hydrogens is 475 g/mol. The fourth-order valence-corrected chi connectivity index (χ4v) is 3.49. The fraction of sp³-hybridized carbons (Fsp3) is 0.682. The summed E-state index contributed by atoms with van der Waals surface area (Å²) in [6.45, 7) is 4.13. The molecule has 0 atom stereocenters. The number of nitrogens with zero attached hydrogens (tertiary/aromatic N) is 1. The highest BCUT2D eigenvalue weighted by molar-refractivity contribution is 7.88. The predicted molar refractivity (Wildman–Crippen MR) is 124 cm³/mol. The van der Waals surface area contributed by atoms with E-state index in [9.17, 15) is 31.2 Å². The first kappa shape index (κ1) is 29.7. The number of hydrogen-bond donors (Lipinski definition) is 2. The number of pyridine rings is 1. The lowest BCUT2D eigenvalue weighted by Crippen LogP contribution is -2.28. The van der Waals surface area contributed by atoms with Crippen molar-refractivity contribution in [2.24, 2.45) is 0 Å². The van der Waals surface area contributed by atoms with E-state index in [1.54, 1.807) is 0 Å². The molecule has 1 aromatic heterocycles. The lowest BCUT2D eigenvalue weighted by molar-refractivity contribution is -0.117. The molecule has 0 saturated heterocycles. The average molecular weight is 510 g/mol. The van der Waals surface area contributed by atoms with Crippen LogP contribution in [0.2, 0.25) is 0 Å². The highest BCUT2D eigenvalue weighted by Gasteiger charge is 2.48. The number of anilines is 2. The van der Waals surface area contributed by atoms with Crippen molar-refractivity contribution in [1.29, 1.82) is 0 Å². The normalized spacial score (nSPS) is 11.8. The Morgan fingerprint density at radius 3 is 1.62 bits per heavy atom. The van der Waals surface area contributed by atoms with Gasteiger partial charge in [0, 0.05) is 25.0 Å². The molecule has 0 unspecified atom stereocenters. The van der Waals surface area contributed by atoms with Crippen LogP contribution in [0.4, 0.5) is 24.8 Å². The average Bonchev–Trinajstić information content (AvgIpc) is 2.72. The van der Waals surface area contributed by atoms with Crippen LogP contribution >= 0.6 is 0 Å². The SMILES string of the molecule is CCCCCCCC(=O)Nc1cc(OS(=O)(=O)C(F)(F)F)cc(NC(=O)CCCCCCC)n1.